The predicted octanol–water partition coefficient (Wildman–Crippen LogP) is 4.37. The molecule has 0 spiro atoms. The van der Waals surface area contributed by atoms with Gasteiger partial charge in [0.1, 0.15) is 0 Å². The van der Waals surface area contributed by atoms with Gasteiger partial charge in [-0.2, -0.15) is 0 Å². The molecule has 0 saturated carbocycles. The highest BCUT2D eigenvalue weighted by Gasteiger charge is 2.16. The maximum Gasteiger partial charge on any atom is 0.310 e. The zero-order chi connectivity index (χ0) is 20.1. The van der Waals surface area contributed by atoms with Crippen LogP contribution in [0, 0.1) is 5.92 Å². The van der Waals surface area contributed by atoms with Crippen molar-refractivity contribution in [1.82, 2.24) is 0 Å². The second-order valence-corrected chi connectivity index (χ2v) is 6.88. The number of nitrogens with one attached hydrogen (secondary N) is 2. The number of carbonyl (C=O) groups is 3. The van der Waals surface area contributed by atoms with Gasteiger partial charge in [0.2, 0.25) is 5.91 Å². The van der Waals surface area contributed by atoms with Gasteiger partial charge >= 0.3 is 5.97 Å². The summed E-state index contributed by atoms with van der Waals surface area (Å²) in [6.45, 7) is 5.13. The standard InChI is InChI=1S/C20H21ClN2O4/c1-11(2)18(24)23-15-8-9-17(21)16(10-15)19(25)22-14-6-4-13(5-7-14)12(3)20(26)27/h4-12H,1-3H3,(H,22,25)(H,23,24)(H,26,27). The van der Waals surface area contributed by atoms with Gasteiger partial charge in [0, 0.05) is 17.3 Å². The van der Waals surface area contributed by atoms with Crippen LogP contribution in [0.2, 0.25) is 5.02 Å². The van der Waals surface area contributed by atoms with Crippen LogP contribution in [-0.4, -0.2) is 22.9 Å². The number of halogens is 1. The van der Waals surface area contributed by atoms with E-state index in [-0.39, 0.29) is 22.4 Å². The number of benzene rings is 2. The molecule has 0 heterocycles. The third-order valence-corrected chi connectivity index (χ3v) is 4.37. The number of amides is 2. The number of anilines is 2. The molecule has 0 bridgehead atoms. The van der Waals surface area contributed by atoms with E-state index in [2.05, 4.69) is 10.6 Å². The number of carbonyl (C=O) groups excluding carboxylic acids is 2. The number of hydrogen-bond acceptors (Lipinski definition) is 3. The maximum atomic E-state index is 12.5. The molecule has 0 saturated heterocycles. The quantitative estimate of drug-likeness (QED) is 0.684. The van der Waals surface area contributed by atoms with Crippen molar-refractivity contribution in [2.75, 3.05) is 10.6 Å². The summed E-state index contributed by atoms with van der Waals surface area (Å²) in [4.78, 5) is 35.4. The molecule has 0 radical (unpaired) electrons. The molecule has 1 atom stereocenters. The highest BCUT2D eigenvalue weighted by atomic mass is 35.5. The molecule has 2 amide bonds. The smallest absolute Gasteiger partial charge is 0.310 e. The fourth-order valence-corrected chi connectivity index (χ4v) is 2.46. The van der Waals surface area contributed by atoms with Gasteiger partial charge in [0.15, 0.2) is 0 Å². The molecule has 7 heteroatoms. The number of hydrogen-bond donors (Lipinski definition) is 3. The Labute approximate surface area is 162 Å². The van der Waals surface area contributed by atoms with Crippen molar-refractivity contribution in [3.63, 3.8) is 0 Å². The van der Waals surface area contributed by atoms with Crippen molar-refractivity contribution in [3.8, 4) is 0 Å². The lowest BCUT2D eigenvalue weighted by Crippen LogP contribution is -2.18. The fourth-order valence-electron chi connectivity index (χ4n) is 2.26. The van der Waals surface area contributed by atoms with Crippen LogP contribution in [0.5, 0.6) is 0 Å². The van der Waals surface area contributed by atoms with E-state index < -0.39 is 17.8 Å². The van der Waals surface area contributed by atoms with E-state index in [0.29, 0.717) is 16.9 Å². The first kappa shape index (κ1) is 20.5. The van der Waals surface area contributed by atoms with Gasteiger partial charge in [-0.1, -0.05) is 37.6 Å². The van der Waals surface area contributed by atoms with Gasteiger partial charge in [-0.15, -0.1) is 0 Å². The van der Waals surface area contributed by atoms with Gasteiger partial charge in [-0.05, 0) is 42.8 Å². The van der Waals surface area contributed by atoms with Crippen LogP contribution in [0.25, 0.3) is 0 Å². The van der Waals surface area contributed by atoms with E-state index in [4.69, 9.17) is 16.7 Å². The van der Waals surface area contributed by atoms with Crippen LogP contribution in [0.15, 0.2) is 42.5 Å². The molecule has 0 aromatic heterocycles. The van der Waals surface area contributed by atoms with Gasteiger partial charge in [-0.25, -0.2) is 0 Å². The summed E-state index contributed by atoms with van der Waals surface area (Å²) < 4.78 is 0. The minimum atomic E-state index is -0.918. The SMILES string of the molecule is CC(C)C(=O)Nc1ccc(Cl)c(C(=O)Nc2ccc(C(C)C(=O)O)cc2)c1. The third kappa shape index (κ3) is 5.31. The highest BCUT2D eigenvalue weighted by Crippen LogP contribution is 2.23. The Bertz CT molecular complexity index is 863. The van der Waals surface area contributed by atoms with E-state index in [1.165, 1.54) is 6.07 Å². The van der Waals surface area contributed by atoms with Crippen LogP contribution in [0.4, 0.5) is 11.4 Å². The van der Waals surface area contributed by atoms with Crippen LogP contribution in [0.1, 0.15) is 42.6 Å². The molecule has 2 aromatic rings. The Hall–Kier alpha value is -2.86. The lowest BCUT2D eigenvalue weighted by Gasteiger charge is -2.12. The van der Waals surface area contributed by atoms with Crippen molar-refractivity contribution in [2.45, 2.75) is 26.7 Å². The first-order valence-electron chi connectivity index (χ1n) is 8.43. The summed E-state index contributed by atoms with van der Waals surface area (Å²) in [6.07, 6.45) is 0. The van der Waals surface area contributed by atoms with Crippen LogP contribution < -0.4 is 10.6 Å². The minimum Gasteiger partial charge on any atom is -0.481 e. The molecule has 142 valence electrons. The van der Waals surface area contributed by atoms with Gasteiger partial charge in [0.05, 0.1) is 16.5 Å². The van der Waals surface area contributed by atoms with Crippen LogP contribution in [-0.2, 0) is 9.59 Å². The Morgan fingerprint density at radius 2 is 1.52 bits per heavy atom. The summed E-state index contributed by atoms with van der Waals surface area (Å²) >= 11 is 6.12. The summed E-state index contributed by atoms with van der Waals surface area (Å²) in [5.41, 5.74) is 1.85. The first-order valence-corrected chi connectivity index (χ1v) is 8.81. The van der Waals surface area contributed by atoms with E-state index >= 15 is 0 Å². The summed E-state index contributed by atoms with van der Waals surface area (Å²) in [5, 5.41) is 14.7. The van der Waals surface area contributed by atoms with Gasteiger partial charge < -0.3 is 15.7 Å². The Morgan fingerprint density at radius 1 is 0.926 bits per heavy atom. The first-order chi connectivity index (χ1) is 12.7. The third-order valence-electron chi connectivity index (χ3n) is 4.04. The molecule has 0 aliphatic heterocycles. The van der Waals surface area contributed by atoms with Gasteiger partial charge in [-0.3, -0.25) is 14.4 Å². The molecule has 27 heavy (non-hydrogen) atoms. The molecule has 1 unspecified atom stereocenters. The molecule has 2 rings (SSSR count). The minimum absolute atomic E-state index is 0.160. The van der Waals surface area contributed by atoms with Crippen LogP contribution in [0.3, 0.4) is 0 Å². The van der Waals surface area contributed by atoms with Crippen molar-refractivity contribution < 1.29 is 19.5 Å². The van der Waals surface area contributed by atoms with Crippen molar-refractivity contribution in [2.24, 2.45) is 5.92 Å². The number of rotatable bonds is 6. The molecular weight excluding hydrogens is 368 g/mol. The van der Waals surface area contributed by atoms with E-state index in [9.17, 15) is 14.4 Å². The zero-order valence-corrected chi connectivity index (χ0v) is 16.0. The number of carboxylic acid groups (broad SMARTS) is 1. The molecule has 3 N–H and O–H groups in total. The highest BCUT2D eigenvalue weighted by molar-refractivity contribution is 6.34. The molecule has 0 aliphatic rings. The Morgan fingerprint density at radius 3 is 2.07 bits per heavy atom. The van der Waals surface area contributed by atoms with E-state index in [1.807, 2.05) is 0 Å². The summed E-state index contributed by atoms with van der Waals surface area (Å²) in [5.74, 6) is -2.33. The second-order valence-electron chi connectivity index (χ2n) is 6.47. The number of aliphatic carboxylic acids is 1. The van der Waals surface area contributed by atoms with Crippen molar-refractivity contribution in [1.29, 1.82) is 0 Å². The normalized spacial score (nSPS) is 11.7. The van der Waals surface area contributed by atoms with E-state index in [0.717, 1.165) is 0 Å². The monoisotopic (exact) mass is 388 g/mol. The molecular formula is C20H21ClN2O4. The summed E-state index contributed by atoms with van der Waals surface area (Å²) in [7, 11) is 0. The average molecular weight is 389 g/mol. The van der Waals surface area contributed by atoms with Crippen LogP contribution >= 0.6 is 11.6 Å². The molecule has 0 fully saturated rings. The lowest BCUT2D eigenvalue weighted by molar-refractivity contribution is -0.138. The average Bonchev–Trinajstić information content (AvgIpc) is 2.63. The maximum absolute atomic E-state index is 12.5. The van der Waals surface area contributed by atoms with Crippen molar-refractivity contribution >= 4 is 40.8 Å². The van der Waals surface area contributed by atoms with E-state index in [1.54, 1.807) is 57.2 Å². The predicted molar refractivity (Wildman–Crippen MR) is 105 cm³/mol. The fraction of sp³-hybridized carbons (Fsp3) is 0.250. The lowest BCUT2D eigenvalue weighted by atomic mass is 10.0. The number of carboxylic acids is 1. The topological polar surface area (TPSA) is 95.5 Å². The molecule has 2 aromatic carbocycles. The second kappa shape index (κ2) is 8.68. The van der Waals surface area contributed by atoms with Gasteiger partial charge in [0.25, 0.3) is 5.91 Å². The molecule has 0 aliphatic carbocycles. The Balaban J connectivity index is 2.15. The molecule has 6 nitrogen and oxygen atoms in total. The summed E-state index contributed by atoms with van der Waals surface area (Å²) in [6, 6.07) is 11.2. The largest absolute Gasteiger partial charge is 0.481 e. The zero-order valence-electron chi connectivity index (χ0n) is 15.2. The van der Waals surface area contributed by atoms with Crippen molar-refractivity contribution in [3.05, 3.63) is 58.6 Å². The Kier molecular flexibility index (Phi) is 6.58.